The molecule has 4 heteroatoms. The van der Waals surface area contributed by atoms with Gasteiger partial charge >= 0.3 is 0 Å². The van der Waals surface area contributed by atoms with Gasteiger partial charge in [0.15, 0.2) is 7.28 Å². The predicted molar refractivity (Wildman–Crippen MR) is 201 cm³/mol. The number of aryl methyl sites for hydroxylation is 2. The van der Waals surface area contributed by atoms with Crippen molar-refractivity contribution >= 4 is 57.1 Å². The number of anilines is 5. The molecule has 4 rings (SSSR count). The van der Waals surface area contributed by atoms with Gasteiger partial charge < -0.3 is 9.80 Å². The lowest BCUT2D eigenvalue weighted by Gasteiger charge is -2.28. The molecule has 0 heterocycles. The van der Waals surface area contributed by atoms with Crippen LogP contribution in [0, 0.1) is 0 Å². The highest BCUT2D eigenvalue weighted by Gasteiger charge is 2.15. The van der Waals surface area contributed by atoms with Crippen LogP contribution in [0.2, 0.25) is 6.82 Å². The van der Waals surface area contributed by atoms with E-state index in [4.69, 9.17) is 0 Å². The molecule has 0 radical (unpaired) electrons. The van der Waals surface area contributed by atoms with Crippen molar-refractivity contribution in [2.24, 2.45) is 0 Å². The summed E-state index contributed by atoms with van der Waals surface area (Å²) in [6, 6.07) is 36.1. The van der Waals surface area contributed by atoms with Crippen LogP contribution in [-0.4, -0.2) is 13.8 Å². The van der Waals surface area contributed by atoms with Crippen LogP contribution in [0.1, 0.15) is 50.7 Å². The van der Waals surface area contributed by atoms with E-state index in [0.717, 1.165) is 48.2 Å². The minimum absolute atomic E-state index is 0.745. The first-order valence-electron chi connectivity index (χ1n) is 16.2. The van der Waals surface area contributed by atoms with Crippen molar-refractivity contribution in [1.29, 1.82) is 0 Å². The van der Waals surface area contributed by atoms with Crippen molar-refractivity contribution in [1.82, 2.24) is 0 Å². The molecule has 0 N–H and O–H groups in total. The van der Waals surface area contributed by atoms with E-state index < -0.39 is 0 Å². The van der Waals surface area contributed by atoms with Crippen molar-refractivity contribution < 1.29 is 0 Å². The number of nitrogens with zero attached hydrogens (tertiary/aromatic N) is 2. The number of rotatable bonds is 16. The van der Waals surface area contributed by atoms with Crippen molar-refractivity contribution in [2.45, 2.75) is 59.2 Å². The Morgan fingerprint density at radius 3 is 1.57 bits per heavy atom. The summed E-state index contributed by atoms with van der Waals surface area (Å²) in [5, 5.41) is 0. The fourth-order valence-electron chi connectivity index (χ4n) is 5.32. The molecule has 0 saturated carbocycles. The molecule has 0 aromatic heterocycles. The Labute approximate surface area is 275 Å². The second-order valence-electron chi connectivity index (χ2n) is 11.2. The van der Waals surface area contributed by atoms with Crippen molar-refractivity contribution in [3.8, 4) is 0 Å². The van der Waals surface area contributed by atoms with E-state index >= 15 is 0 Å². The topological polar surface area (TPSA) is 6.48 Å². The molecule has 4 aromatic rings. The molecule has 0 aliphatic carbocycles. The average molecular weight is 646 g/mol. The lowest BCUT2D eigenvalue weighted by molar-refractivity contribution is 0.795. The molecule has 4 aromatic carbocycles. The quantitative estimate of drug-likeness (QED) is 0.0884. The van der Waals surface area contributed by atoms with Crippen LogP contribution in [0.15, 0.2) is 132 Å². The molecule has 0 unspecified atom stereocenters. The standard InChI is InChI=1S/C40H46BBrN2/c1-5-8-12-32-15-21-36(22-16-32)43(31-10-14-35(42)11-7-3)37-27-29-40(30-28-37)44(39-25-19-34(41-4)20-26-39)38-23-17-33(18-24-38)13-9-6-2/h7,10-11,14-30,41H,3,5-6,8-9,12-13,31H2,1-2,4H3/b14-10-,35-11+. The van der Waals surface area contributed by atoms with Crippen molar-refractivity contribution in [2.75, 3.05) is 16.3 Å². The zero-order valence-electron chi connectivity index (χ0n) is 26.7. The number of benzene rings is 4. The molecule has 0 aliphatic rings. The van der Waals surface area contributed by atoms with E-state index in [1.165, 1.54) is 53.6 Å². The van der Waals surface area contributed by atoms with Gasteiger partial charge in [0.2, 0.25) is 0 Å². The number of hydrogen-bond acceptors (Lipinski definition) is 2. The van der Waals surface area contributed by atoms with Crippen LogP contribution in [0.5, 0.6) is 0 Å². The van der Waals surface area contributed by atoms with E-state index in [2.05, 4.69) is 162 Å². The summed E-state index contributed by atoms with van der Waals surface area (Å²) in [4.78, 5) is 4.72. The Morgan fingerprint density at radius 2 is 1.11 bits per heavy atom. The molecular weight excluding hydrogens is 599 g/mol. The fraction of sp³-hybridized carbons (Fsp3) is 0.250. The molecule has 0 spiro atoms. The van der Waals surface area contributed by atoms with Crippen molar-refractivity contribution in [3.05, 3.63) is 144 Å². The largest absolute Gasteiger partial charge is 0.338 e. The highest BCUT2D eigenvalue weighted by atomic mass is 79.9. The van der Waals surface area contributed by atoms with Crippen LogP contribution >= 0.6 is 15.9 Å². The lowest BCUT2D eigenvalue weighted by atomic mass is 9.73. The van der Waals surface area contributed by atoms with E-state index in [1.807, 2.05) is 6.08 Å². The highest BCUT2D eigenvalue weighted by molar-refractivity contribution is 9.11. The molecule has 0 bridgehead atoms. The highest BCUT2D eigenvalue weighted by Crippen LogP contribution is 2.36. The molecule has 0 atom stereocenters. The smallest absolute Gasteiger partial charge is 0.154 e. The van der Waals surface area contributed by atoms with Crippen molar-refractivity contribution in [3.63, 3.8) is 0 Å². The van der Waals surface area contributed by atoms with Gasteiger partial charge in [0.1, 0.15) is 0 Å². The normalized spacial score (nSPS) is 11.5. The molecular formula is C40H46BBrN2. The van der Waals surface area contributed by atoms with Gasteiger partial charge in [-0.05, 0) is 104 Å². The molecule has 0 fully saturated rings. The molecule has 0 amide bonds. The number of halogens is 1. The van der Waals surface area contributed by atoms with Crippen LogP contribution in [0.3, 0.4) is 0 Å². The predicted octanol–water partition coefficient (Wildman–Crippen LogP) is 11.1. The van der Waals surface area contributed by atoms with Gasteiger partial charge in [0.05, 0.1) is 0 Å². The Balaban J connectivity index is 1.68. The van der Waals surface area contributed by atoms with Crippen LogP contribution in [-0.2, 0) is 12.8 Å². The third-order valence-electron chi connectivity index (χ3n) is 7.95. The molecule has 2 nitrogen and oxygen atoms in total. The lowest BCUT2D eigenvalue weighted by Crippen LogP contribution is -2.17. The fourth-order valence-corrected chi connectivity index (χ4v) is 5.70. The summed E-state index contributed by atoms with van der Waals surface area (Å²) in [6.45, 7) is 11.2. The van der Waals surface area contributed by atoms with E-state index in [-0.39, 0.29) is 0 Å². The monoisotopic (exact) mass is 644 g/mol. The Kier molecular flexibility index (Phi) is 13.2. The Hall–Kier alpha value is -3.76. The third-order valence-corrected chi connectivity index (χ3v) is 8.47. The first-order chi connectivity index (χ1) is 21.6. The van der Waals surface area contributed by atoms with Crippen LogP contribution in [0.4, 0.5) is 28.4 Å². The molecule has 226 valence electrons. The van der Waals surface area contributed by atoms with Gasteiger partial charge in [-0.2, -0.15) is 0 Å². The molecule has 0 saturated heterocycles. The second-order valence-corrected chi connectivity index (χ2v) is 12.1. The summed E-state index contributed by atoms with van der Waals surface area (Å²) in [5.74, 6) is 0. The van der Waals surface area contributed by atoms with Crippen LogP contribution in [0.25, 0.3) is 0 Å². The zero-order valence-corrected chi connectivity index (χ0v) is 28.3. The molecule has 0 aliphatic heterocycles. The average Bonchev–Trinajstić information content (AvgIpc) is 3.07. The van der Waals surface area contributed by atoms with Gasteiger partial charge in [0.25, 0.3) is 0 Å². The summed E-state index contributed by atoms with van der Waals surface area (Å²) >= 11 is 3.61. The first kappa shape index (κ1) is 33.1. The van der Waals surface area contributed by atoms with E-state index in [9.17, 15) is 0 Å². The maximum Gasteiger partial charge on any atom is 0.154 e. The minimum atomic E-state index is 0.745. The Bertz CT molecular complexity index is 1490. The van der Waals surface area contributed by atoms with Gasteiger partial charge in [-0.3, -0.25) is 0 Å². The van der Waals surface area contributed by atoms with E-state index in [0.29, 0.717) is 0 Å². The van der Waals surface area contributed by atoms with Gasteiger partial charge in [-0.1, -0.05) is 116 Å². The SMILES string of the molecule is C=C/C=C(Br)\C=C/CN(c1ccc(CCCC)cc1)c1ccc(N(c2ccc(BC)cc2)c2ccc(CCCC)cc2)cc1. The third kappa shape index (κ3) is 9.37. The summed E-state index contributed by atoms with van der Waals surface area (Å²) < 4.78 is 1.00. The van der Waals surface area contributed by atoms with Gasteiger partial charge in [-0.15, -0.1) is 0 Å². The van der Waals surface area contributed by atoms with Crippen LogP contribution < -0.4 is 15.3 Å². The maximum atomic E-state index is 3.80. The summed E-state index contributed by atoms with van der Waals surface area (Å²) in [5.41, 5.74) is 9.94. The Morgan fingerprint density at radius 1 is 0.682 bits per heavy atom. The number of hydrogen-bond donors (Lipinski definition) is 0. The molecule has 44 heavy (non-hydrogen) atoms. The summed E-state index contributed by atoms with van der Waals surface area (Å²) in [6.07, 6.45) is 15.1. The first-order valence-corrected chi connectivity index (χ1v) is 16.9. The van der Waals surface area contributed by atoms with E-state index in [1.54, 1.807) is 6.08 Å². The maximum absolute atomic E-state index is 3.80. The zero-order chi connectivity index (χ0) is 31.1. The minimum Gasteiger partial charge on any atom is -0.338 e. The number of unbranched alkanes of at least 4 members (excludes halogenated alkanes) is 2. The summed E-state index contributed by atoms with van der Waals surface area (Å²) in [7, 11) is 1.03. The number of allylic oxidation sites excluding steroid dienone is 4. The van der Waals surface area contributed by atoms with Gasteiger partial charge in [0, 0.05) is 39.5 Å². The second kappa shape index (κ2) is 17.5. The van der Waals surface area contributed by atoms with Gasteiger partial charge in [-0.25, -0.2) is 0 Å².